The number of methoxy groups -OCH3 is 1. The molecule has 2 amide bonds. The lowest BCUT2D eigenvalue weighted by Crippen LogP contribution is -2.36. The van der Waals surface area contributed by atoms with Crippen LogP contribution in [0.1, 0.15) is 28.8 Å². The third-order valence-corrected chi connectivity index (χ3v) is 6.91. The van der Waals surface area contributed by atoms with Crippen molar-refractivity contribution in [1.82, 2.24) is 24.8 Å². The zero-order valence-corrected chi connectivity index (χ0v) is 21.9. The fraction of sp³-hybridized carbons (Fsp3) is 0.267. The predicted octanol–water partition coefficient (Wildman–Crippen LogP) is 4.51. The van der Waals surface area contributed by atoms with Gasteiger partial charge in [0.1, 0.15) is 5.75 Å². The molecule has 3 aromatic carbocycles. The van der Waals surface area contributed by atoms with Crippen LogP contribution in [0.15, 0.2) is 73.1 Å². The van der Waals surface area contributed by atoms with Gasteiger partial charge in [0.25, 0.3) is 5.91 Å². The Kier molecular flexibility index (Phi) is 7.22. The number of hydrogen-bond donors (Lipinski definition) is 0. The third kappa shape index (κ3) is 5.16. The molecule has 0 N–H and O–H groups in total. The van der Waals surface area contributed by atoms with E-state index in [-0.39, 0.29) is 11.8 Å². The fourth-order valence-corrected chi connectivity index (χ4v) is 4.91. The van der Waals surface area contributed by atoms with Gasteiger partial charge in [0.05, 0.1) is 19.9 Å². The van der Waals surface area contributed by atoms with Gasteiger partial charge in [-0.3, -0.25) is 14.3 Å². The molecule has 0 saturated heterocycles. The standard InChI is InChI=1S/C30H31N5O3/c1-33(2)30(37)22-11-10-21-17-24(19-27(26(21)18-22)25-8-4-5-9-28(25)38-3)23-7-6-14-34(20-23)29(36)12-15-35-16-13-31-32-35/h4-5,7-11,13,16-19H,6,12,14-15,20H2,1-3H3. The molecule has 38 heavy (non-hydrogen) atoms. The molecular weight excluding hydrogens is 478 g/mol. The van der Waals surface area contributed by atoms with Crippen LogP contribution in [-0.4, -0.2) is 70.9 Å². The second-order valence-corrected chi connectivity index (χ2v) is 9.61. The van der Waals surface area contributed by atoms with Gasteiger partial charge in [-0.2, -0.15) is 0 Å². The predicted molar refractivity (Wildman–Crippen MR) is 148 cm³/mol. The second-order valence-electron chi connectivity index (χ2n) is 9.61. The second kappa shape index (κ2) is 10.9. The first-order valence-corrected chi connectivity index (χ1v) is 12.7. The fourth-order valence-electron chi connectivity index (χ4n) is 4.91. The molecule has 5 rings (SSSR count). The summed E-state index contributed by atoms with van der Waals surface area (Å²) in [5, 5.41) is 9.76. The Bertz CT molecular complexity index is 1510. The van der Waals surface area contributed by atoms with Crippen LogP contribution in [0.3, 0.4) is 0 Å². The summed E-state index contributed by atoms with van der Waals surface area (Å²) in [5.74, 6) is 0.818. The van der Waals surface area contributed by atoms with E-state index >= 15 is 0 Å². The summed E-state index contributed by atoms with van der Waals surface area (Å²) >= 11 is 0. The summed E-state index contributed by atoms with van der Waals surface area (Å²) in [6.45, 7) is 1.75. The molecule has 1 aromatic heterocycles. The van der Waals surface area contributed by atoms with Gasteiger partial charge >= 0.3 is 0 Å². The van der Waals surface area contributed by atoms with Gasteiger partial charge in [-0.05, 0) is 64.2 Å². The Morgan fingerprint density at radius 3 is 2.66 bits per heavy atom. The van der Waals surface area contributed by atoms with Crippen LogP contribution in [0, 0.1) is 0 Å². The van der Waals surface area contributed by atoms with Gasteiger partial charge < -0.3 is 14.5 Å². The smallest absolute Gasteiger partial charge is 0.253 e. The maximum Gasteiger partial charge on any atom is 0.253 e. The van der Waals surface area contributed by atoms with Crippen molar-refractivity contribution in [3.05, 3.63) is 84.2 Å². The molecule has 0 radical (unpaired) electrons. The van der Waals surface area contributed by atoms with E-state index in [9.17, 15) is 9.59 Å². The minimum Gasteiger partial charge on any atom is -0.496 e. The number of carbonyl (C=O) groups is 2. The van der Waals surface area contributed by atoms with Gasteiger partial charge in [0.15, 0.2) is 0 Å². The maximum absolute atomic E-state index is 13.0. The van der Waals surface area contributed by atoms with Gasteiger partial charge in [0.2, 0.25) is 5.91 Å². The average Bonchev–Trinajstić information content (AvgIpc) is 3.48. The minimum atomic E-state index is -0.0445. The highest BCUT2D eigenvalue weighted by Crippen LogP contribution is 2.38. The minimum absolute atomic E-state index is 0.0445. The molecule has 0 unspecified atom stereocenters. The molecule has 1 aliphatic heterocycles. The summed E-state index contributed by atoms with van der Waals surface area (Å²) in [6, 6.07) is 18.0. The Balaban J connectivity index is 1.52. The van der Waals surface area contributed by atoms with Gasteiger partial charge in [-0.1, -0.05) is 35.6 Å². The molecular formula is C30H31N5O3. The van der Waals surface area contributed by atoms with Crippen LogP contribution in [0.4, 0.5) is 0 Å². The number of rotatable bonds is 7. The number of ether oxygens (including phenoxy) is 1. The van der Waals surface area contributed by atoms with Crippen molar-refractivity contribution in [2.24, 2.45) is 0 Å². The number of aryl methyl sites for hydroxylation is 1. The quantitative estimate of drug-likeness (QED) is 0.366. The Morgan fingerprint density at radius 1 is 1.05 bits per heavy atom. The lowest BCUT2D eigenvalue weighted by molar-refractivity contribution is -0.131. The van der Waals surface area contributed by atoms with E-state index in [1.165, 1.54) is 0 Å². The molecule has 1 aliphatic rings. The lowest BCUT2D eigenvalue weighted by Gasteiger charge is -2.28. The number of benzene rings is 3. The molecule has 194 valence electrons. The average molecular weight is 510 g/mol. The molecule has 2 heterocycles. The normalized spacial score (nSPS) is 13.3. The number of amides is 2. The van der Waals surface area contributed by atoms with Crippen LogP contribution >= 0.6 is 0 Å². The lowest BCUT2D eigenvalue weighted by atomic mass is 9.90. The van der Waals surface area contributed by atoms with Gasteiger partial charge in [-0.25, -0.2) is 0 Å². The number of nitrogens with zero attached hydrogens (tertiary/aromatic N) is 5. The Labute approximate surface area is 222 Å². The SMILES string of the molecule is COc1ccccc1-c1cc(C2=CCCN(C(=O)CCn3ccnn3)C2)cc2ccc(C(=O)N(C)C)cc12. The van der Waals surface area contributed by atoms with Crippen LogP contribution in [0.25, 0.3) is 27.5 Å². The molecule has 8 nitrogen and oxygen atoms in total. The number of hydrogen-bond acceptors (Lipinski definition) is 5. The summed E-state index contributed by atoms with van der Waals surface area (Å²) in [5.41, 5.74) is 4.73. The zero-order chi connectivity index (χ0) is 26.6. The van der Waals surface area contributed by atoms with E-state index in [1.54, 1.807) is 43.2 Å². The Morgan fingerprint density at radius 2 is 1.89 bits per heavy atom. The first kappa shape index (κ1) is 25.2. The monoisotopic (exact) mass is 509 g/mol. The number of para-hydroxylation sites is 1. The Hall–Kier alpha value is -4.46. The zero-order valence-electron chi connectivity index (χ0n) is 21.9. The van der Waals surface area contributed by atoms with Crippen molar-refractivity contribution in [3.8, 4) is 16.9 Å². The molecule has 4 aromatic rings. The topological polar surface area (TPSA) is 80.6 Å². The highest BCUT2D eigenvalue weighted by molar-refractivity contribution is 6.05. The van der Waals surface area contributed by atoms with E-state index in [4.69, 9.17) is 4.74 Å². The third-order valence-electron chi connectivity index (χ3n) is 6.91. The van der Waals surface area contributed by atoms with Crippen LogP contribution in [0.2, 0.25) is 0 Å². The molecule has 0 bridgehead atoms. The molecule has 8 heteroatoms. The summed E-state index contributed by atoms with van der Waals surface area (Å²) in [4.78, 5) is 29.2. The van der Waals surface area contributed by atoms with Crippen molar-refractivity contribution in [2.75, 3.05) is 34.3 Å². The van der Waals surface area contributed by atoms with Crippen molar-refractivity contribution in [1.29, 1.82) is 0 Å². The van der Waals surface area contributed by atoms with Gasteiger partial charge in [0, 0.05) is 50.9 Å². The largest absolute Gasteiger partial charge is 0.496 e. The summed E-state index contributed by atoms with van der Waals surface area (Å²) in [7, 11) is 5.18. The first-order chi connectivity index (χ1) is 18.4. The van der Waals surface area contributed by atoms with E-state index in [0.717, 1.165) is 45.2 Å². The van der Waals surface area contributed by atoms with Gasteiger partial charge in [-0.15, -0.1) is 5.10 Å². The summed E-state index contributed by atoms with van der Waals surface area (Å²) in [6.07, 6.45) is 6.77. The molecule has 0 fully saturated rings. The van der Waals surface area contributed by atoms with Crippen LogP contribution in [-0.2, 0) is 11.3 Å². The van der Waals surface area contributed by atoms with E-state index in [0.29, 0.717) is 31.6 Å². The van der Waals surface area contributed by atoms with Crippen molar-refractivity contribution < 1.29 is 14.3 Å². The van der Waals surface area contributed by atoms with Crippen LogP contribution in [0.5, 0.6) is 5.75 Å². The van der Waals surface area contributed by atoms with Crippen molar-refractivity contribution in [3.63, 3.8) is 0 Å². The number of carbonyl (C=O) groups excluding carboxylic acids is 2. The first-order valence-electron chi connectivity index (χ1n) is 12.7. The van der Waals surface area contributed by atoms with Crippen molar-refractivity contribution >= 4 is 28.2 Å². The van der Waals surface area contributed by atoms with E-state index in [2.05, 4.69) is 28.5 Å². The number of aromatic nitrogens is 3. The molecule has 0 aliphatic carbocycles. The highest BCUT2D eigenvalue weighted by atomic mass is 16.5. The van der Waals surface area contributed by atoms with Crippen LogP contribution < -0.4 is 4.74 Å². The highest BCUT2D eigenvalue weighted by Gasteiger charge is 2.21. The molecule has 0 spiro atoms. The van der Waals surface area contributed by atoms with E-state index < -0.39 is 0 Å². The summed E-state index contributed by atoms with van der Waals surface area (Å²) < 4.78 is 7.38. The number of fused-ring (bicyclic) bond motifs is 1. The molecule has 0 atom stereocenters. The maximum atomic E-state index is 13.0. The van der Waals surface area contributed by atoms with E-state index in [1.807, 2.05) is 47.4 Å². The molecule has 0 saturated carbocycles. The van der Waals surface area contributed by atoms with Crippen molar-refractivity contribution in [2.45, 2.75) is 19.4 Å².